The molecular weight excluding hydrogens is 422 g/mol. The van der Waals surface area contributed by atoms with Crippen molar-refractivity contribution in [2.75, 3.05) is 7.11 Å². The van der Waals surface area contributed by atoms with E-state index < -0.39 is 23.5 Å². The van der Waals surface area contributed by atoms with Gasteiger partial charge in [-0.1, -0.05) is 43.5 Å². The number of ether oxygens (including phenoxy) is 1. The molecule has 0 saturated heterocycles. The molecule has 1 aliphatic carbocycles. The Morgan fingerprint density at radius 2 is 1.82 bits per heavy atom. The molecule has 2 heterocycles. The highest BCUT2D eigenvalue weighted by atomic mass is 16.5. The molecule has 1 unspecified atom stereocenters. The van der Waals surface area contributed by atoms with E-state index in [2.05, 4.69) is 0 Å². The highest BCUT2D eigenvalue weighted by Crippen LogP contribution is 2.44. The number of rotatable bonds is 5. The number of phenols is 1. The average Bonchev–Trinajstić information content (AvgIpc) is 3.38. The molecule has 3 aromatic rings. The molecule has 33 heavy (non-hydrogen) atoms. The molecule has 2 N–H and O–H groups in total. The molecule has 1 aromatic heterocycles. The quantitative estimate of drug-likeness (QED) is 0.531. The summed E-state index contributed by atoms with van der Waals surface area (Å²) in [6.45, 7) is 0. The lowest BCUT2D eigenvalue weighted by Gasteiger charge is -2.36. The van der Waals surface area contributed by atoms with Gasteiger partial charge >= 0.3 is 0 Å². The van der Waals surface area contributed by atoms with Crippen molar-refractivity contribution in [1.29, 1.82) is 0 Å². The number of furan rings is 1. The van der Waals surface area contributed by atoms with Gasteiger partial charge in [0.05, 0.1) is 18.7 Å². The largest absolute Gasteiger partial charge is 0.508 e. The minimum absolute atomic E-state index is 0.0134. The molecule has 1 fully saturated rings. The standard InChI is InChI=1S/C26H25NO6/c1-32-19-12-6-8-16-14-20(33-25(16)19)23(29)21-22(15-7-5-11-18(28)13-15)27(26(31)24(21)30)17-9-3-2-4-10-17/h5-8,11-14,17,22,28,30H,2-4,9-10H2,1H3. The molecule has 2 aromatic carbocycles. The van der Waals surface area contributed by atoms with E-state index in [9.17, 15) is 19.8 Å². The van der Waals surface area contributed by atoms with Crippen molar-refractivity contribution in [3.8, 4) is 11.5 Å². The van der Waals surface area contributed by atoms with Crippen LogP contribution in [0.4, 0.5) is 0 Å². The predicted octanol–water partition coefficient (Wildman–Crippen LogP) is 5.06. The number of carbonyl (C=O) groups excluding carboxylic acids is 2. The number of amides is 1. The fraction of sp³-hybridized carbons (Fsp3) is 0.308. The lowest BCUT2D eigenvalue weighted by Crippen LogP contribution is -2.41. The Balaban J connectivity index is 1.62. The zero-order valence-electron chi connectivity index (χ0n) is 18.3. The van der Waals surface area contributed by atoms with Crippen LogP contribution in [0.2, 0.25) is 0 Å². The summed E-state index contributed by atoms with van der Waals surface area (Å²) in [6, 6.07) is 12.5. The molecule has 2 aliphatic rings. The van der Waals surface area contributed by atoms with Gasteiger partial charge in [-0.2, -0.15) is 0 Å². The molecule has 1 aliphatic heterocycles. The Morgan fingerprint density at radius 3 is 2.55 bits per heavy atom. The topological polar surface area (TPSA) is 100 Å². The first-order chi connectivity index (χ1) is 16.0. The van der Waals surface area contributed by atoms with Crippen molar-refractivity contribution < 1.29 is 29.0 Å². The summed E-state index contributed by atoms with van der Waals surface area (Å²) >= 11 is 0. The molecular formula is C26H25NO6. The zero-order valence-corrected chi connectivity index (χ0v) is 18.3. The number of carbonyl (C=O) groups is 2. The number of aromatic hydroxyl groups is 1. The summed E-state index contributed by atoms with van der Waals surface area (Å²) in [6.07, 6.45) is 4.67. The summed E-state index contributed by atoms with van der Waals surface area (Å²) < 4.78 is 11.2. The molecule has 7 nitrogen and oxygen atoms in total. The van der Waals surface area contributed by atoms with Gasteiger partial charge in [0.1, 0.15) is 5.75 Å². The first-order valence-electron chi connectivity index (χ1n) is 11.2. The van der Waals surface area contributed by atoms with Crippen LogP contribution >= 0.6 is 0 Å². The van der Waals surface area contributed by atoms with Crippen molar-refractivity contribution >= 4 is 22.7 Å². The third-order valence-corrected chi connectivity index (χ3v) is 6.59. The fourth-order valence-corrected chi connectivity index (χ4v) is 5.05. The van der Waals surface area contributed by atoms with Crippen molar-refractivity contribution in [1.82, 2.24) is 4.90 Å². The summed E-state index contributed by atoms with van der Waals surface area (Å²) in [5.41, 5.74) is 0.954. The third kappa shape index (κ3) is 3.53. The van der Waals surface area contributed by atoms with Crippen LogP contribution in [0.3, 0.4) is 0 Å². The van der Waals surface area contributed by atoms with E-state index in [1.54, 1.807) is 41.3 Å². The van der Waals surface area contributed by atoms with Crippen LogP contribution in [0.25, 0.3) is 11.0 Å². The van der Waals surface area contributed by atoms with Gasteiger partial charge in [-0.15, -0.1) is 0 Å². The third-order valence-electron chi connectivity index (χ3n) is 6.59. The Bertz CT molecular complexity index is 1270. The van der Waals surface area contributed by atoms with Crippen LogP contribution in [-0.4, -0.2) is 40.0 Å². The fourth-order valence-electron chi connectivity index (χ4n) is 5.05. The minimum Gasteiger partial charge on any atom is -0.508 e. The van der Waals surface area contributed by atoms with Gasteiger partial charge in [-0.3, -0.25) is 9.59 Å². The number of ketones is 1. The Kier molecular flexibility index (Phi) is 5.32. The maximum Gasteiger partial charge on any atom is 0.290 e. The second kappa shape index (κ2) is 8.31. The maximum absolute atomic E-state index is 13.7. The van der Waals surface area contributed by atoms with Gasteiger partial charge in [-0.25, -0.2) is 0 Å². The number of aliphatic hydroxyl groups excluding tert-OH is 1. The predicted molar refractivity (Wildman–Crippen MR) is 121 cm³/mol. The second-order valence-electron chi connectivity index (χ2n) is 8.58. The second-order valence-corrected chi connectivity index (χ2v) is 8.58. The number of nitrogens with zero attached hydrogens (tertiary/aromatic N) is 1. The Hall–Kier alpha value is -3.74. The molecule has 5 rings (SSSR count). The van der Waals surface area contributed by atoms with E-state index in [4.69, 9.17) is 9.15 Å². The lowest BCUT2D eigenvalue weighted by atomic mass is 9.90. The molecule has 7 heteroatoms. The molecule has 0 bridgehead atoms. The molecule has 1 saturated carbocycles. The number of fused-ring (bicyclic) bond motifs is 1. The number of methoxy groups -OCH3 is 1. The Morgan fingerprint density at radius 1 is 1.06 bits per heavy atom. The van der Waals surface area contributed by atoms with Crippen LogP contribution in [0, 0.1) is 0 Å². The van der Waals surface area contributed by atoms with Gasteiger partial charge in [0.25, 0.3) is 5.91 Å². The van der Waals surface area contributed by atoms with Gasteiger partial charge in [-0.05, 0) is 42.7 Å². The summed E-state index contributed by atoms with van der Waals surface area (Å²) in [7, 11) is 1.52. The summed E-state index contributed by atoms with van der Waals surface area (Å²) in [4.78, 5) is 28.5. The van der Waals surface area contributed by atoms with E-state index in [0.29, 0.717) is 22.3 Å². The highest BCUT2D eigenvalue weighted by molar-refractivity contribution is 6.16. The number of aliphatic hydroxyl groups is 1. The number of phenolic OH excluding ortho intramolecular Hbond substituents is 1. The summed E-state index contributed by atoms with van der Waals surface area (Å²) in [5.74, 6) is -1.17. The van der Waals surface area contributed by atoms with Gasteiger partial charge in [0.15, 0.2) is 22.9 Å². The lowest BCUT2D eigenvalue weighted by molar-refractivity contribution is -0.132. The monoisotopic (exact) mass is 447 g/mol. The van der Waals surface area contributed by atoms with E-state index in [1.165, 1.54) is 19.2 Å². The van der Waals surface area contributed by atoms with Gasteiger partial charge in [0.2, 0.25) is 5.78 Å². The zero-order chi connectivity index (χ0) is 23.1. The normalized spacial score (nSPS) is 19.5. The maximum atomic E-state index is 13.7. The Labute approximate surface area is 190 Å². The molecule has 0 radical (unpaired) electrons. The number of Topliss-reactive ketones (excluding diaryl/α,β-unsaturated/α-hetero) is 1. The molecule has 170 valence electrons. The number of para-hydroxylation sites is 1. The smallest absolute Gasteiger partial charge is 0.290 e. The number of hydrogen-bond acceptors (Lipinski definition) is 6. The average molecular weight is 447 g/mol. The first kappa shape index (κ1) is 21.1. The van der Waals surface area contributed by atoms with E-state index in [-0.39, 0.29) is 23.1 Å². The van der Waals surface area contributed by atoms with E-state index in [1.807, 2.05) is 0 Å². The van der Waals surface area contributed by atoms with Crippen LogP contribution in [0.1, 0.15) is 54.3 Å². The van der Waals surface area contributed by atoms with Crippen molar-refractivity contribution in [3.63, 3.8) is 0 Å². The number of hydrogen-bond donors (Lipinski definition) is 2. The SMILES string of the molecule is COc1cccc2cc(C(=O)C3=C(O)C(=O)N(C4CCCCC4)C3c3cccc(O)c3)oc12. The van der Waals surface area contributed by atoms with Crippen LogP contribution in [-0.2, 0) is 4.79 Å². The van der Waals surface area contributed by atoms with Crippen LogP contribution < -0.4 is 4.74 Å². The van der Waals surface area contributed by atoms with Gasteiger partial charge in [0, 0.05) is 11.4 Å². The van der Waals surface area contributed by atoms with E-state index in [0.717, 1.165) is 32.1 Å². The van der Waals surface area contributed by atoms with Gasteiger partial charge < -0.3 is 24.3 Å². The van der Waals surface area contributed by atoms with Crippen molar-refractivity contribution in [2.45, 2.75) is 44.2 Å². The van der Waals surface area contributed by atoms with Crippen molar-refractivity contribution in [3.05, 3.63) is 71.2 Å². The van der Waals surface area contributed by atoms with Crippen LogP contribution in [0.5, 0.6) is 11.5 Å². The van der Waals surface area contributed by atoms with Crippen LogP contribution in [0.15, 0.2) is 64.3 Å². The molecule has 0 spiro atoms. The molecule has 1 atom stereocenters. The summed E-state index contributed by atoms with van der Waals surface area (Å²) in [5, 5.41) is 21.7. The minimum atomic E-state index is -0.810. The van der Waals surface area contributed by atoms with E-state index >= 15 is 0 Å². The van der Waals surface area contributed by atoms with Crippen molar-refractivity contribution in [2.24, 2.45) is 0 Å². The highest BCUT2D eigenvalue weighted by Gasteiger charge is 2.47. The number of benzene rings is 2. The first-order valence-corrected chi connectivity index (χ1v) is 11.2. The molecule has 1 amide bonds.